The zero-order chi connectivity index (χ0) is 38.6. The molecule has 0 aromatic carbocycles. The molecular formula is C43H85N2O6P. The molecule has 0 aromatic rings. The minimum absolute atomic E-state index is 0.00442. The van der Waals surface area contributed by atoms with E-state index in [1.165, 1.54) is 135 Å². The van der Waals surface area contributed by atoms with Crippen molar-refractivity contribution in [2.75, 3.05) is 40.9 Å². The molecule has 3 atom stereocenters. The number of likely N-dealkylation sites (N-methyl/N-ethyl adjacent to an activating group) is 1. The minimum Gasteiger partial charge on any atom is -0.756 e. The SMILES string of the molecule is CCCCCCCCC/C=C/CC/C=C/[C@H](O)[C@@H](COP(=O)([O-])OCC[N+](C)(C)C)NC(=O)CCCCCCCCCCCCCCCCCCC. The molecule has 0 aromatic heterocycles. The van der Waals surface area contributed by atoms with Crippen LogP contribution in [0.1, 0.15) is 194 Å². The van der Waals surface area contributed by atoms with Crippen LogP contribution in [0.15, 0.2) is 24.3 Å². The first-order valence-corrected chi connectivity index (χ1v) is 23.2. The summed E-state index contributed by atoms with van der Waals surface area (Å²) < 4.78 is 23.1. The molecule has 8 nitrogen and oxygen atoms in total. The molecule has 0 heterocycles. The van der Waals surface area contributed by atoms with Crippen LogP contribution in [-0.4, -0.2) is 68.5 Å². The maximum Gasteiger partial charge on any atom is 0.268 e. The highest BCUT2D eigenvalue weighted by Crippen LogP contribution is 2.38. The summed E-state index contributed by atoms with van der Waals surface area (Å²) in [6.45, 7) is 4.62. The second kappa shape index (κ2) is 35.7. The lowest BCUT2D eigenvalue weighted by Gasteiger charge is -2.29. The Balaban J connectivity index is 4.44. The fraction of sp³-hybridized carbons (Fsp3) is 0.884. The Morgan fingerprint density at radius 3 is 1.56 bits per heavy atom. The summed E-state index contributed by atoms with van der Waals surface area (Å²) in [6, 6.07) is -0.897. The number of phosphoric ester groups is 1. The van der Waals surface area contributed by atoms with Gasteiger partial charge in [-0.2, -0.15) is 0 Å². The predicted octanol–water partition coefficient (Wildman–Crippen LogP) is 11.1. The number of amides is 1. The first kappa shape index (κ1) is 51.0. The number of phosphoric acid groups is 1. The van der Waals surface area contributed by atoms with Gasteiger partial charge in [0.15, 0.2) is 0 Å². The number of quaternary nitrogens is 1. The number of aliphatic hydroxyl groups excluding tert-OH is 1. The summed E-state index contributed by atoms with van der Waals surface area (Å²) in [5.41, 5.74) is 0. The van der Waals surface area contributed by atoms with Crippen molar-refractivity contribution in [2.24, 2.45) is 0 Å². The number of nitrogens with one attached hydrogen (secondary N) is 1. The zero-order valence-electron chi connectivity index (χ0n) is 34.8. The molecule has 52 heavy (non-hydrogen) atoms. The normalized spacial score (nSPS) is 14.7. The molecule has 1 unspecified atom stereocenters. The van der Waals surface area contributed by atoms with E-state index in [0.29, 0.717) is 17.4 Å². The van der Waals surface area contributed by atoms with Crippen LogP contribution in [0.4, 0.5) is 0 Å². The maximum atomic E-state index is 12.8. The highest BCUT2D eigenvalue weighted by atomic mass is 31.2. The number of allylic oxidation sites excluding steroid dienone is 3. The second-order valence-electron chi connectivity index (χ2n) is 16.0. The number of carbonyl (C=O) groups is 1. The largest absolute Gasteiger partial charge is 0.756 e. The number of unbranched alkanes of at least 4 members (excludes halogenated alkanes) is 24. The first-order chi connectivity index (χ1) is 25.0. The van der Waals surface area contributed by atoms with E-state index >= 15 is 0 Å². The Labute approximate surface area is 322 Å². The van der Waals surface area contributed by atoms with Crippen molar-refractivity contribution in [1.29, 1.82) is 0 Å². The van der Waals surface area contributed by atoms with Crippen LogP contribution in [0.5, 0.6) is 0 Å². The topological polar surface area (TPSA) is 108 Å². The van der Waals surface area contributed by atoms with Crippen molar-refractivity contribution >= 4 is 13.7 Å². The molecule has 0 spiro atoms. The van der Waals surface area contributed by atoms with Crippen molar-refractivity contribution in [3.8, 4) is 0 Å². The lowest BCUT2D eigenvalue weighted by Crippen LogP contribution is -2.45. The predicted molar refractivity (Wildman–Crippen MR) is 219 cm³/mol. The monoisotopic (exact) mass is 757 g/mol. The van der Waals surface area contributed by atoms with Gasteiger partial charge in [0.25, 0.3) is 7.82 Å². The fourth-order valence-corrected chi connectivity index (χ4v) is 6.89. The van der Waals surface area contributed by atoms with Crippen LogP contribution in [0, 0.1) is 0 Å². The zero-order valence-corrected chi connectivity index (χ0v) is 35.7. The van der Waals surface area contributed by atoms with Crippen LogP contribution in [-0.2, 0) is 18.4 Å². The average Bonchev–Trinajstić information content (AvgIpc) is 3.09. The molecular weight excluding hydrogens is 671 g/mol. The van der Waals surface area contributed by atoms with E-state index < -0.39 is 20.0 Å². The molecule has 1 amide bonds. The van der Waals surface area contributed by atoms with Gasteiger partial charge in [0, 0.05) is 6.42 Å². The number of hydrogen-bond acceptors (Lipinski definition) is 6. The molecule has 0 aliphatic carbocycles. The van der Waals surface area contributed by atoms with Crippen LogP contribution in [0.25, 0.3) is 0 Å². The number of aliphatic hydroxyl groups is 1. The van der Waals surface area contributed by atoms with Gasteiger partial charge >= 0.3 is 0 Å². The highest BCUT2D eigenvalue weighted by Gasteiger charge is 2.23. The van der Waals surface area contributed by atoms with Gasteiger partial charge in [0.1, 0.15) is 13.2 Å². The third kappa shape index (κ3) is 37.3. The van der Waals surface area contributed by atoms with Crippen molar-refractivity contribution < 1.29 is 32.9 Å². The maximum absolute atomic E-state index is 12.8. The average molecular weight is 757 g/mol. The smallest absolute Gasteiger partial charge is 0.268 e. The molecule has 0 saturated carbocycles. The van der Waals surface area contributed by atoms with Crippen molar-refractivity contribution in [3.63, 3.8) is 0 Å². The first-order valence-electron chi connectivity index (χ1n) is 21.7. The lowest BCUT2D eigenvalue weighted by molar-refractivity contribution is -0.870. The van der Waals surface area contributed by atoms with Crippen LogP contribution in [0.3, 0.4) is 0 Å². The molecule has 0 radical (unpaired) electrons. The summed E-state index contributed by atoms with van der Waals surface area (Å²) >= 11 is 0. The van der Waals surface area contributed by atoms with E-state index in [4.69, 9.17) is 9.05 Å². The van der Waals surface area contributed by atoms with Crippen LogP contribution < -0.4 is 10.2 Å². The Morgan fingerprint density at radius 2 is 1.08 bits per heavy atom. The Kier molecular flexibility index (Phi) is 35.0. The summed E-state index contributed by atoms with van der Waals surface area (Å²) in [6.07, 6.45) is 40.8. The quantitative estimate of drug-likeness (QED) is 0.0280. The van der Waals surface area contributed by atoms with Crippen molar-refractivity contribution in [2.45, 2.75) is 206 Å². The van der Waals surface area contributed by atoms with Gasteiger partial charge in [-0.05, 0) is 32.1 Å². The minimum atomic E-state index is -4.59. The van der Waals surface area contributed by atoms with E-state index in [2.05, 4.69) is 31.3 Å². The van der Waals surface area contributed by atoms with E-state index in [1.807, 2.05) is 27.2 Å². The van der Waals surface area contributed by atoms with E-state index in [9.17, 15) is 19.4 Å². The third-order valence-electron chi connectivity index (χ3n) is 9.66. The highest BCUT2D eigenvalue weighted by molar-refractivity contribution is 7.45. The Morgan fingerprint density at radius 1 is 0.654 bits per heavy atom. The van der Waals surface area contributed by atoms with Gasteiger partial charge in [0.2, 0.25) is 5.91 Å². The number of carbonyl (C=O) groups excluding carboxylic acids is 1. The molecule has 0 fully saturated rings. The van der Waals surface area contributed by atoms with E-state index in [0.717, 1.165) is 38.5 Å². The Bertz CT molecular complexity index is 907. The van der Waals surface area contributed by atoms with Crippen molar-refractivity contribution in [3.05, 3.63) is 24.3 Å². The van der Waals surface area contributed by atoms with E-state index in [-0.39, 0.29) is 19.1 Å². The summed E-state index contributed by atoms with van der Waals surface area (Å²) in [4.78, 5) is 25.2. The molecule has 0 aliphatic rings. The van der Waals surface area contributed by atoms with E-state index in [1.54, 1.807) is 6.08 Å². The van der Waals surface area contributed by atoms with Gasteiger partial charge in [-0.25, -0.2) is 0 Å². The molecule has 2 N–H and O–H groups in total. The molecule has 0 aliphatic heterocycles. The van der Waals surface area contributed by atoms with Crippen LogP contribution in [0.2, 0.25) is 0 Å². The van der Waals surface area contributed by atoms with Gasteiger partial charge in [-0.1, -0.05) is 179 Å². The second-order valence-corrected chi connectivity index (χ2v) is 17.5. The number of nitrogens with zero attached hydrogens (tertiary/aromatic N) is 1. The number of hydrogen-bond donors (Lipinski definition) is 2. The molecule has 0 rings (SSSR count). The van der Waals surface area contributed by atoms with Gasteiger partial charge in [-0.15, -0.1) is 0 Å². The van der Waals surface area contributed by atoms with Crippen molar-refractivity contribution in [1.82, 2.24) is 5.32 Å². The van der Waals surface area contributed by atoms with Gasteiger partial charge < -0.3 is 28.8 Å². The molecule has 0 bridgehead atoms. The summed E-state index contributed by atoms with van der Waals surface area (Å²) in [5, 5.41) is 13.7. The summed E-state index contributed by atoms with van der Waals surface area (Å²) in [7, 11) is 1.25. The summed E-state index contributed by atoms with van der Waals surface area (Å²) in [5.74, 6) is -0.206. The van der Waals surface area contributed by atoms with Gasteiger partial charge in [0.05, 0.1) is 39.9 Å². The standard InChI is InChI=1S/C43H85N2O6P/c1-6-8-10-12-14-16-18-20-21-22-23-25-27-29-31-33-35-37-43(47)44-41(40-51-52(48,49)50-39-38-45(3,4)5)42(46)36-34-32-30-28-26-24-19-17-15-13-11-9-7-2/h26,28,34,36,41-42,46H,6-25,27,29-33,35,37-40H2,1-5H3,(H-,44,47,48,49)/b28-26+,36-34+/t41-,42+/m1/s1. The Hall–Kier alpha value is -1.02. The number of rotatable bonds is 39. The fourth-order valence-electron chi connectivity index (χ4n) is 6.17. The van der Waals surface area contributed by atoms with Gasteiger partial charge in [-0.3, -0.25) is 9.36 Å². The molecule has 308 valence electrons. The molecule has 9 heteroatoms. The van der Waals surface area contributed by atoms with Crippen LogP contribution >= 0.6 is 7.82 Å². The lowest BCUT2D eigenvalue weighted by atomic mass is 10.0. The molecule has 0 saturated heterocycles. The third-order valence-corrected chi connectivity index (χ3v) is 10.6.